The highest BCUT2D eigenvalue weighted by Gasteiger charge is 2.19. The predicted molar refractivity (Wildman–Crippen MR) is 104 cm³/mol. The summed E-state index contributed by atoms with van der Waals surface area (Å²) in [7, 11) is 0. The molecule has 0 saturated carbocycles. The van der Waals surface area contributed by atoms with Crippen LogP contribution in [0.2, 0.25) is 5.02 Å². The Kier molecular flexibility index (Phi) is 5.33. The van der Waals surface area contributed by atoms with Gasteiger partial charge in [0, 0.05) is 37.7 Å². The highest BCUT2D eigenvalue weighted by atomic mass is 35.5. The number of hydrogen-bond acceptors (Lipinski definition) is 5. The summed E-state index contributed by atoms with van der Waals surface area (Å²) in [5.41, 5.74) is 1.72. The van der Waals surface area contributed by atoms with Gasteiger partial charge >= 0.3 is 5.69 Å². The van der Waals surface area contributed by atoms with Crippen LogP contribution in [0.3, 0.4) is 0 Å². The highest BCUT2D eigenvalue weighted by molar-refractivity contribution is 6.30. The molecule has 7 nitrogen and oxygen atoms in total. The van der Waals surface area contributed by atoms with Crippen molar-refractivity contribution < 1.29 is 0 Å². The van der Waals surface area contributed by atoms with Crippen LogP contribution in [0.15, 0.2) is 59.4 Å². The third-order valence-corrected chi connectivity index (χ3v) is 4.97. The summed E-state index contributed by atoms with van der Waals surface area (Å²) in [6, 6.07) is 17.3. The van der Waals surface area contributed by atoms with Crippen LogP contribution in [0, 0.1) is 0 Å². The van der Waals surface area contributed by atoms with Gasteiger partial charge in [-0.15, -0.1) is 0 Å². The summed E-state index contributed by atoms with van der Waals surface area (Å²) < 4.78 is 2.75. The van der Waals surface area contributed by atoms with Gasteiger partial charge in [0.2, 0.25) is 0 Å². The monoisotopic (exact) mass is 384 g/mol. The van der Waals surface area contributed by atoms with Crippen molar-refractivity contribution >= 4 is 11.6 Å². The Morgan fingerprint density at radius 2 is 1.63 bits per heavy atom. The molecule has 2 aromatic carbocycles. The third-order valence-electron chi connectivity index (χ3n) is 4.73. The number of rotatable bonds is 5. The molecule has 1 aliphatic rings. The molecule has 1 aromatic heterocycles. The molecule has 0 spiro atoms. The fourth-order valence-corrected chi connectivity index (χ4v) is 3.48. The molecule has 0 radical (unpaired) electrons. The first kappa shape index (κ1) is 17.9. The van der Waals surface area contributed by atoms with Gasteiger partial charge < -0.3 is 0 Å². The molecule has 140 valence electrons. The van der Waals surface area contributed by atoms with Crippen molar-refractivity contribution in [3.8, 4) is 5.69 Å². The molecule has 0 N–H and O–H groups in total. The molecule has 2 heterocycles. The lowest BCUT2D eigenvalue weighted by Gasteiger charge is -2.34. The molecule has 0 aliphatic carbocycles. The standard InChI is InChI=1S/C19H21ClN6O/c20-17-6-4-5-16(13-17)14-23-9-11-24(12-10-23)15-25-19(27)26(22-21-25)18-7-2-1-3-8-18/h1-8,13H,9-12,14-15H2. The first-order valence-corrected chi connectivity index (χ1v) is 9.34. The van der Waals surface area contributed by atoms with Crippen LogP contribution < -0.4 is 5.69 Å². The summed E-state index contributed by atoms with van der Waals surface area (Å²) in [4.78, 5) is 17.1. The van der Waals surface area contributed by atoms with E-state index in [1.54, 1.807) is 0 Å². The Labute approximate surface area is 162 Å². The van der Waals surface area contributed by atoms with Gasteiger partial charge in [-0.25, -0.2) is 4.79 Å². The second-order valence-electron chi connectivity index (χ2n) is 6.67. The van der Waals surface area contributed by atoms with E-state index in [2.05, 4.69) is 26.3 Å². The molecule has 1 fully saturated rings. The molecule has 27 heavy (non-hydrogen) atoms. The first-order chi connectivity index (χ1) is 13.2. The Morgan fingerprint density at radius 1 is 0.889 bits per heavy atom. The van der Waals surface area contributed by atoms with Gasteiger partial charge in [0.05, 0.1) is 5.69 Å². The number of halogens is 1. The average Bonchev–Trinajstić information content (AvgIpc) is 3.04. The molecule has 4 rings (SSSR count). The normalized spacial score (nSPS) is 15.9. The number of para-hydroxylation sites is 1. The van der Waals surface area contributed by atoms with Gasteiger partial charge in [0.25, 0.3) is 0 Å². The molecule has 0 bridgehead atoms. The second-order valence-corrected chi connectivity index (χ2v) is 7.11. The van der Waals surface area contributed by atoms with E-state index < -0.39 is 0 Å². The number of benzene rings is 2. The quantitative estimate of drug-likeness (QED) is 0.672. The molecule has 8 heteroatoms. The highest BCUT2D eigenvalue weighted by Crippen LogP contribution is 2.14. The van der Waals surface area contributed by atoms with Crippen molar-refractivity contribution in [2.75, 3.05) is 26.2 Å². The lowest BCUT2D eigenvalue weighted by atomic mass is 10.2. The fraction of sp³-hybridized carbons (Fsp3) is 0.316. The number of tetrazole rings is 1. The van der Waals surface area contributed by atoms with Crippen molar-refractivity contribution in [1.82, 2.24) is 29.6 Å². The van der Waals surface area contributed by atoms with Crippen LogP contribution in [0.4, 0.5) is 0 Å². The average molecular weight is 385 g/mol. The van der Waals surface area contributed by atoms with E-state index in [9.17, 15) is 4.79 Å². The Hall–Kier alpha value is -2.48. The maximum absolute atomic E-state index is 12.5. The zero-order valence-corrected chi connectivity index (χ0v) is 15.7. The topological polar surface area (TPSA) is 59.2 Å². The first-order valence-electron chi connectivity index (χ1n) is 8.96. The van der Waals surface area contributed by atoms with Crippen LogP contribution >= 0.6 is 11.6 Å². The predicted octanol–water partition coefficient (Wildman–Crippen LogP) is 1.86. The number of aromatic nitrogens is 4. The van der Waals surface area contributed by atoms with Crippen molar-refractivity contribution in [3.63, 3.8) is 0 Å². The fourth-order valence-electron chi connectivity index (χ4n) is 3.27. The SMILES string of the molecule is O=c1n(CN2CCN(Cc3cccc(Cl)c3)CC2)nnn1-c1ccccc1. The van der Waals surface area contributed by atoms with Crippen molar-refractivity contribution in [1.29, 1.82) is 0 Å². The summed E-state index contributed by atoms with van der Waals surface area (Å²) in [6.45, 7) is 4.98. The maximum Gasteiger partial charge on any atom is 0.369 e. The van der Waals surface area contributed by atoms with Gasteiger partial charge in [0.1, 0.15) is 6.67 Å². The van der Waals surface area contributed by atoms with Crippen LogP contribution in [0.1, 0.15) is 5.56 Å². The van der Waals surface area contributed by atoms with E-state index in [-0.39, 0.29) is 5.69 Å². The Bertz CT molecular complexity index is 946. The Balaban J connectivity index is 1.35. The van der Waals surface area contributed by atoms with Gasteiger partial charge in [-0.05, 0) is 40.3 Å². The number of piperazine rings is 1. The summed E-state index contributed by atoms with van der Waals surface area (Å²) in [6.07, 6.45) is 0. The minimum atomic E-state index is -0.220. The van der Waals surface area contributed by atoms with E-state index in [0.29, 0.717) is 6.67 Å². The smallest absolute Gasteiger partial charge is 0.297 e. The van der Waals surface area contributed by atoms with Crippen molar-refractivity contribution in [2.24, 2.45) is 0 Å². The molecule has 1 saturated heterocycles. The van der Waals surface area contributed by atoms with E-state index in [4.69, 9.17) is 11.6 Å². The molecular formula is C19H21ClN6O. The van der Waals surface area contributed by atoms with E-state index in [1.807, 2.05) is 48.5 Å². The molecule has 3 aromatic rings. The zero-order valence-electron chi connectivity index (χ0n) is 14.9. The molecule has 0 atom stereocenters. The number of hydrogen-bond donors (Lipinski definition) is 0. The number of nitrogens with zero attached hydrogens (tertiary/aromatic N) is 6. The van der Waals surface area contributed by atoms with E-state index in [1.165, 1.54) is 14.9 Å². The van der Waals surface area contributed by atoms with Crippen molar-refractivity contribution in [3.05, 3.63) is 75.7 Å². The largest absolute Gasteiger partial charge is 0.369 e. The van der Waals surface area contributed by atoms with Crippen molar-refractivity contribution in [2.45, 2.75) is 13.2 Å². The third kappa shape index (κ3) is 4.27. The summed E-state index contributed by atoms with van der Waals surface area (Å²) in [5.74, 6) is 0. The molecule has 0 unspecified atom stereocenters. The zero-order chi connectivity index (χ0) is 18.6. The Morgan fingerprint density at radius 3 is 2.37 bits per heavy atom. The molecule has 1 aliphatic heterocycles. The summed E-state index contributed by atoms with van der Waals surface area (Å²) >= 11 is 6.06. The van der Waals surface area contributed by atoms with Crippen LogP contribution in [0.25, 0.3) is 5.69 Å². The molecular weight excluding hydrogens is 364 g/mol. The van der Waals surface area contributed by atoms with Crippen LogP contribution in [-0.2, 0) is 13.2 Å². The lowest BCUT2D eigenvalue weighted by molar-refractivity contribution is 0.0968. The van der Waals surface area contributed by atoms with Crippen LogP contribution in [-0.4, -0.2) is 55.8 Å². The van der Waals surface area contributed by atoms with Crippen LogP contribution in [0.5, 0.6) is 0 Å². The maximum atomic E-state index is 12.5. The van der Waals surface area contributed by atoms with Gasteiger partial charge in [-0.2, -0.15) is 9.36 Å². The van der Waals surface area contributed by atoms with Gasteiger partial charge in [-0.1, -0.05) is 41.9 Å². The van der Waals surface area contributed by atoms with E-state index >= 15 is 0 Å². The molecule has 0 amide bonds. The van der Waals surface area contributed by atoms with E-state index in [0.717, 1.165) is 43.4 Å². The lowest BCUT2D eigenvalue weighted by Crippen LogP contribution is -2.47. The second kappa shape index (κ2) is 8.04. The minimum absolute atomic E-state index is 0.220. The van der Waals surface area contributed by atoms with Gasteiger partial charge in [0.15, 0.2) is 0 Å². The minimum Gasteiger partial charge on any atom is -0.297 e. The summed E-state index contributed by atoms with van der Waals surface area (Å²) in [5, 5.41) is 8.80. The van der Waals surface area contributed by atoms with Gasteiger partial charge in [-0.3, -0.25) is 9.80 Å².